The lowest BCUT2D eigenvalue weighted by Gasteiger charge is -2.21. The molecule has 1 aliphatic rings. The standard InChI is InChI=1S/C11H20N4S2/c1-9(2)15-11(13-8-14-15)6-12-5-10-7-16-3-4-17-10/h8-10,12H,3-7H2,1-2H3. The third-order valence-corrected chi connectivity index (χ3v) is 5.52. The Morgan fingerprint density at radius 2 is 2.41 bits per heavy atom. The fraction of sp³-hybridized carbons (Fsp3) is 0.818. The summed E-state index contributed by atoms with van der Waals surface area (Å²) in [6.45, 7) is 6.15. The van der Waals surface area contributed by atoms with Crippen LogP contribution in [0.2, 0.25) is 0 Å². The summed E-state index contributed by atoms with van der Waals surface area (Å²) >= 11 is 4.15. The van der Waals surface area contributed by atoms with Gasteiger partial charge in [0.15, 0.2) is 0 Å². The second-order valence-electron chi connectivity index (χ2n) is 4.41. The molecule has 17 heavy (non-hydrogen) atoms. The van der Waals surface area contributed by atoms with Gasteiger partial charge in [-0.15, -0.1) is 0 Å². The van der Waals surface area contributed by atoms with E-state index in [2.05, 4.69) is 52.8 Å². The van der Waals surface area contributed by atoms with Gasteiger partial charge >= 0.3 is 0 Å². The molecule has 1 fully saturated rings. The van der Waals surface area contributed by atoms with Crippen LogP contribution in [0.1, 0.15) is 25.7 Å². The van der Waals surface area contributed by atoms with Crippen LogP contribution in [0, 0.1) is 0 Å². The van der Waals surface area contributed by atoms with Crippen molar-refractivity contribution < 1.29 is 0 Å². The van der Waals surface area contributed by atoms with Crippen molar-refractivity contribution in [2.24, 2.45) is 0 Å². The molecular formula is C11H20N4S2. The van der Waals surface area contributed by atoms with Crippen molar-refractivity contribution in [3.8, 4) is 0 Å². The average Bonchev–Trinajstić information content (AvgIpc) is 2.79. The molecule has 1 atom stereocenters. The summed E-state index contributed by atoms with van der Waals surface area (Å²) in [5, 5.41) is 8.49. The van der Waals surface area contributed by atoms with E-state index in [0.717, 1.165) is 24.2 Å². The van der Waals surface area contributed by atoms with Crippen molar-refractivity contribution in [1.29, 1.82) is 0 Å². The molecule has 1 aromatic rings. The predicted molar refractivity (Wildman–Crippen MR) is 75.7 cm³/mol. The number of hydrogen-bond donors (Lipinski definition) is 1. The minimum atomic E-state index is 0.383. The lowest BCUT2D eigenvalue weighted by atomic mass is 10.4. The van der Waals surface area contributed by atoms with Crippen LogP contribution in [0.4, 0.5) is 0 Å². The SMILES string of the molecule is CC(C)n1ncnc1CNCC1CSCCS1. The molecule has 1 saturated heterocycles. The highest BCUT2D eigenvalue weighted by Gasteiger charge is 2.14. The molecule has 1 aliphatic heterocycles. The van der Waals surface area contributed by atoms with E-state index in [9.17, 15) is 0 Å². The molecule has 0 aliphatic carbocycles. The molecule has 0 bridgehead atoms. The topological polar surface area (TPSA) is 42.7 Å². The first-order valence-electron chi connectivity index (χ1n) is 6.06. The third-order valence-electron chi connectivity index (χ3n) is 2.68. The number of hydrogen-bond acceptors (Lipinski definition) is 5. The Bertz CT molecular complexity index is 334. The summed E-state index contributed by atoms with van der Waals surface area (Å²) in [6.07, 6.45) is 1.64. The highest BCUT2D eigenvalue weighted by molar-refractivity contribution is 8.06. The molecule has 2 heterocycles. The normalized spacial score (nSPS) is 21.0. The lowest BCUT2D eigenvalue weighted by molar-refractivity contribution is 0.490. The van der Waals surface area contributed by atoms with Crippen LogP contribution in [0.25, 0.3) is 0 Å². The lowest BCUT2D eigenvalue weighted by Crippen LogP contribution is -2.29. The second kappa shape index (κ2) is 6.66. The molecule has 0 radical (unpaired) electrons. The average molecular weight is 272 g/mol. The Hall–Kier alpha value is -0.200. The zero-order chi connectivity index (χ0) is 12.1. The molecule has 0 aromatic carbocycles. The zero-order valence-corrected chi connectivity index (χ0v) is 12.1. The molecule has 4 nitrogen and oxygen atoms in total. The van der Waals surface area contributed by atoms with Gasteiger partial charge in [-0.3, -0.25) is 0 Å². The summed E-state index contributed by atoms with van der Waals surface area (Å²) in [7, 11) is 0. The highest BCUT2D eigenvalue weighted by atomic mass is 32.2. The number of aromatic nitrogens is 3. The van der Waals surface area contributed by atoms with Crippen LogP contribution < -0.4 is 5.32 Å². The first kappa shape index (κ1) is 13.2. The fourth-order valence-corrected chi connectivity index (χ4v) is 4.48. The monoisotopic (exact) mass is 272 g/mol. The molecule has 0 saturated carbocycles. The Balaban J connectivity index is 1.75. The van der Waals surface area contributed by atoms with E-state index in [-0.39, 0.29) is 0 Å². The first-order chi connectivity index (χ1) is 8.27. The minimum Gasteiger partial charge on any atom is -0.309 e. The molecule has 1 aromatic heterocycles. The van der Waals surface area contributed by atoms with Crippen molar-refractivity contribution in [3.63, 3.8) is 0 Å². The maximum Gasteiger partial charge on any atom is 0.141 e. The summed E-state index contributed by atoms with van der Waals surface area (Å²) in [4.78, 5) is 4.30. The second-order valence-corrected chi connectivity index (χ2v) is 6.97. The van der Waals surface area contributed by atoms with Gasteiger partial charge in [-0.1, -0.05) is 0 Å². The number of nitrogens with zero attached hydrogens (tertiary/aromatic N) is 3. The number of rotatable bonds is 5. The Kier molecular flexibility index (Phi) is 5.18. The first-order valence-corrected chi connectivity index (χ1v) is 8.26. The summed E-state index contributed by atoms with van der Waals surface area (Å²) < 4.78 is 1.98. The summed E-state index contributed by atoms with van der Waals surface area (Å²) in [5.74, 6) is 4.91. The van der Waals surface area contributed by atoms with Gasteiger partial charge in [-0.25, -0.2) is 9.67 Å². The van der Waals surface area contributed by atoms with E-state index < -0.39 is 0 Å². The number of thioether (sulfide) groups is 2. The highest BCUT2D eigenvalue weighted by Crippen LogP contribution is 2.23. The molecule has 2 rings (SSSR count). The van der Waals surface area contributed by atoms with E-state index in [4.69, 9.17) is 0 Å². The molecule has 1 unspecified atom stereocenters. The van der Waals surface area contributed by atoms with Crippen LogP contribution >= 0.6 is 23.5 Å². The molecule has 1 N–H and O–H groups in total. The molecule has 0 spiro atoms. The van der Waals surface area contributed by atoms with Crippen LogP contribution in [-0.2, 0) is 6.54 Å². The zero-order valence-electron chi connectivity index (χ0n) is 10.4. The summed E-state index contributed by atoms with van der Waals surface area (Å²) in [6, 6.07) is 0.383. The van der Waals surface area contributed by atoms with Crippen LogP contribution in [0.5, 0.6) is 0 Å². The van der Waals surface area contributed by atoms with Gasteiger partial charge in [0.2, 0.25) is 0 Å². The van der Waals surface area contributed by atoms with Crippen molar-refractivity contribution in [2.45, 2.75) is 31.7 Å². The van der Waals surface area contributed by atoms with Gasteiger partial charge in [-0.05, 0) is 13.8 Å². The van der Waals surface area contributed by atoms with Gasteiger partial charge in [0.25, 0.3) is 0 Å². The summed E-state index contributed by atoms with van der Waals surface area (Å²) in [5.41, 5.74) is 0. The van der Waals surface area contributed by atoms with Gasteiger partial charge < -0.3 is 5.32 Å². The van der Waals surface area contributed by atoms with Crippen molar-refractivity contribution in [1.82, 2.24) is 20.1 Å². The fourth-order valence-electron chi connectivity index (χ4n) is 1.83. The predicted octanol–water partition coefficient (Wildman–Crippen LogP) is 1.80. The molecule has 6 heteroatoms. The van der Waals surface area contributed by atoms with Crippen LogP contribution in [0.3, 0.4) is 0 Å². The van der Waals surface area contributed by atoms with E-state index in [0.29, 0.717) is 6.04 Å². The third kappa shape index (κ3) is 3.89. The van der Waals surface area contributed by atoms with Crippen molar-refractivity contribution in [3.05, 3.63) is 12.2 Å². The largest absolute Gasteiger partial charge is 0.309 e. The maximum absolute atomic E-state index is 4.30. The van der Waals surface area contributed by atoms with Crippen molar-refractivity contribution in [2.75, 3.05) is 23.8 Å². The Labute approximate surface area is 111 Å². The van der Waals surface area contributed by atoms with Gasteiger partial charge in [0.1, 0.15) is 12.2 Å². The maximum atomic E-state index is 4.30. The molecule has 96 valence electrons. The number of nitrogens with one attached hydrogen (secondary N) is 1. The van der Waals surface area contributed by atoms with Crippen LogP contribution in [0.15, 0.2) is 6.33 Å². The van der Waals surface area contributed by atoms with E-state index in [1.807, 2.05) is 4.68 Å². The van der Waals surface area contributed by atoms with E-state index >= 15 is 0 Å². The van der Waals surface area contributed by atoms with E-state index in [1.54, 1.807) is 6.33 Å². The van der Waals surface area contributed by atoms with Crippen molar-refractivity contribution >= 4 is 23.5 Å². The molecule has 0 amide bonds. The van der Waals surface area contributed by atoms with Gasteiger partial charge in [0.05, 0.1) is 6.54 Å². The molecular weight excluding hydrogens is 252 g/mol. The minimum absolute atomic E-state index is 0.383. The Morgan fingerprint density at radius 3 is 3.12 bits per heavy atom. The van der Waals surface area contributed by atoms with Crippen LogP contribution in [-0.4, -0.2) is 43.8 Å². The Morgan fingerprint density at radius 1 is 1.53 bits per heavy atom. The quantitative estimate of drug-likeness (QED) is 0.885. The smallest absolute Gasteiger partial charge is 0.141 e. The van der Waals surface area contributed by atoms with Gasteiger partial charge in [-0.2, -0.15) is 28.6 Å². The van der Waals surface area contributed by atoms with E-state index in [1.165, 1.54) is 17.3 Å². The van der Waals surface area contributed by atoms with Gasteiger partial charge in [0, 0.05) is 35.1 Å².